The topological polar surface area (TPSA) is 105 Å². The quantitative estimate of drug-likeness (QED) is 0.124. The summed E-state index contributed by atoms with van der Waals surface area (Å²) in [6, 6.07) is 8.63. The first-order valence-electron chi connectivity index (χ1n) is 12.1. The van der Waals surface area contributed by atoms with Gasteiger partial charge in [0.2, 0.25) is 0 Å². The zero-order valence-corrected chi connectivity index (χ0v) is 23.2. The molecule has 0 unspecified atom stereocenters. The SMILES string of the molecule is CC(C)N[I@-](C)(O)c1nc(C(F)(F)F)cc2c(-c3cccc([C@H](c4nncn4C)C4CCC4)c3)n[nH]c12. The van der Waals surface area contributed by atoms with E-state index in [-0.39, 0.29) is 21.0 Å². The van der Waals surface area contributed by atoms with E-state index in [1.54, 1.807) is 11.3 Å². The van der Waals surface area contributed by atoms with Crippen molar-refractivity contribution in [1.82, 2.24) is 33.5 Å². The highest BCUT2D eigenvalue weighted by molar-refractivity contribution is 5.92. The minimum atomic E-state index is -4.67. The summed E-state index contributed by atoms with van der Waals surface area (Å²) in [5.74, 6) is 1.31. The summed E-state index contributed by atoms with van der Waals surface area (Å²) in [5.41, 5.74) is 1.37. The van der Waals surface area contributed by atoms with E-state index in [1.807, 2.05) is 49.7 Å². The van der Waals surface area contributed by atoms with Gasteiger partial charge in [0.25, 0.3) is 0 Å². The Labute approximate surface area is 217 Å². The van der Waals surface area contributed by atoms with E-state index in [1.165, 1.54) is 0 Å². The van der Waals surface area contributed by atoms with E-state index >= 15 is 0 Å². The summed E-state index contributed by atoms with van der Waals surface area (Å²) in [4.78, 5) is 5.46. The molecule has 0 radical (unpaired) electrons. The van der Waals surface area contributed by atoms with Crippen LogP contribution in [0.15, 0.2) is 36.7 Å². The van der Waals surface area contributed by atoms with Crippen molar-refractivity contribution >= 4 is 10.9 Å². The monoisotopic (exact) mass is 628 g/mol. The Morgan fingerprint density at radius 2 is 1.97 bits per heavy atom. The van der Waals surface area contributed by atoms with Crippen molar-refractivity contribution in [3.63, 3.8) is 0 Å². The molecule has 37 heavy (non-hydrogen) atoms. The third kappa shape index (κ3) is 4.98. The number of fused-ring (bicyclic) bond motifs is 1. The lowest BCUT2D eigenvalue weighted by molar-refractivity contribution is -1.28. The molecule has 1 fully saturated rings. The molecule has 1 aromatic carbocycles. The summed E-state index contributed by atoms with van der Waals surface area (Å²) >= 11 is -4.05. The number of alkyl halides is 4. The van der Waals surface area contributed by atoms with Crippen molar-refractivity contribution in [3.8, 4) is 11.3 Å². The van der Waals surface area contributed by atoms with E-state index in [9.17, 15) is 16.6 Å². The van der Waals surface area contributed by atoms with E-state index in [2.05, 4.69) is 28.9 Å². The van der Waals surface area contributed by atoms with Gasteiger partial charge in [-0.1, -0.05) is 43.4 Å². The summed E-state index contributed by atoms with van der Waals surface area (Å²) in [7, 11) is 1.92. The number of nitrogens with zero attached hydrogens (tertiary/aromatic N) is 5. The highest BCUT2D eigenvalue weighted by atomic mass is 127. The number of rotatable bonds is 7. The third-order valence-electron chi connectivity index (χ3n) is 6.74. The standard InChI is InChI=1S/C25H30F3IN7O/c1-14(2)32-29(3,37)23-22-18(12-19(31-23)25(26,27)28)21(33-34-22)17-10-6-9-16(11-17)20(15-7-5-8-15)24-35-30-13-36(24)4/h6,9-15,20,32,37H,5,7-8H2,1-4H3,(H,33,34)/q-1/t20-/m1/s1. The molecule has 0 spiro atoms. The Morgan fingerprint density at radius 1 is 1.22 bits per heavy atom. The van der Waals surface area contributed by atoms with Crippen molar-refractivity contribution < 1.29 is 35.7 Å². The second kappa shape index (κ2) is 9.62. The highest BCUT2D eigenvalue weighted by Gasteiger charge is 2.35. The fourth-order valence-electron chi connectivity index (χ4n) is 4.95. The average Bonchev–Trinajstić information content (AvgIpc) is 3.40. The molecule has 5 rings (SSSR count). The zero-order valence-electron chi connectivity index (χ0n) is 21.0. The number of pyridine rings is 1. The molecule has 0 bridgehead atoms. The number of nitrogens with one attached hydrogen (secondary N) is 2. The molecule has 2 atom stereocenters. The van der Waals surface area contributed by atoms with E-state index < -0.39 is 31.0 Å². The van der Waals surface area contributed by atoms with Crippen LogP contribution in [0.25, 0.3) is 22.2 Å². The van der Waals surface area contributed by atoms with Gasteiger partial charge in [-0.2, -0.15) is 18.3 Å². The van der Waals surface area contributed by atoms with Gasteiger partial charge in [-0.3, -0.25) is 10.1 Å². The lowest BCUT2D eigenvalue weighted by Gasteiger charge is -2.45. The fraction of sp³-hybridized carbons (Fsp3) is 0.440. The van der Waals surface area contributed by atoms with E-state index in [0.717, 1.165) is 36.7 Å². The lowest BCUT2D eigenvalue weighted by Crippen LogP contribution is -4.10. The highest BCUT2D eigenvalue weighted by Crippen LogP contribution is 2.43. The number of hydrogen-bond acceptors (Lipinski definition) is 6. The van der Waals surface area contributed by atoms with Gasteiger partial charge in [-0.15, -0.1) is 10.2 Å². The predicted molar refractivity (Wildman–Crippen MR) is 130 cm³/mol. The number of benzene rings is 1. The maximum Gasteiger partial charge on any atom is 0.433 e. The van der Waals surface area contributed by atoms with Crippen LogP contribution in [0.5, 0.6) is 0 Å². The maximum absolute atomic E-state index is 13.9. The molecule has 3 heterocycles. The predicted octanol–water partition coefficient (Wildman–Crippen LogP) is 1.48. The normalized spacial score (nSPS) is 17.2. The Kier molecular flexibility index (Phi) is 6.77. The molecular formula is C25H30F3IN7O-. The van der Waals surface area contributed by atoms with Crippen molar-refractivity contribution in [2.75, 3.05) is 4.93 Å². The van der Waals surface area contributed by atoms with Crippen LogP contribution < -0.4 is 22.7 Å². The van der Waals surface area contributed by atoms with Gasteiger partial charge in [-0.05, 0) is 42.5 Å². The van der Waals surface area contributed by atoms with Crippen molar-refractivity contribution in [3.05, 3.63) is 57.4 Å². The largest absolute Gasteiger partial charge is 0.479 e. The van der Waals surface area contributed by atoms with Crippen LogP contribution in [-0.2, 0) is 13.2 Å². The molecule has 0 amide bonds. The van der Waals surface area contributed by atoms with Gasteiger partial charge in [-0.25, -0.2) is 19.1 Å². The molecule has 0 aliphatic heterocycles. The summed E-state index contributed by atoms with van der Waals surface area (Å²) < 4.78 is 57.9. The lowest BCUT2D eigenvalue weighted by atomic mass is 9.72. The summed E-state index contributed by atoms with van der Waals surface area (Å²) in [6.07, 6.45) is 0.340. The minimum Gasteiger partial charge on any atom is -0.479 e. The van der Waals surface area contributed by atoms with Crippen LogP contribution in [0.2, 0.25) is 0 Å². The molecule has 1 aliphatic carbocycles. The first-order valence-corrected chi connectivity index (χ1v) is 17.3. The molecule has 3 N–H and O–H groups in total. The number of hydrogen-bond donors (Lipinski definition) is 3. The van der Waals surface area contributed by atoms with Crippen molar-refractivity contribution in [1.29, 1.82) is 0 Å². The molecule has 1 saturated carbocycles. The van der Waals surface area contributed by atoms with Gasteiger partial charge in [0, 0.05) is 27.6 Å². The number of H-pyrrole nitrogens is 1. The van der Waals surface area contributed by atoms with Crippen LogP contribution in [0, 0.1) is 9.62 Å². The van der Waals surface area contributed by atoms with Crippen molar-refractivity contribution in [2.45, 2.75) is 51.2 Å². The first kappa shape index (κ1) is 26.0. The van der Waals surface area contributed by atoms with Crippen LogP contribution >= 0.6 is 0 Å². The van der Waals surface area contributed by atoms with Crippen LogP contribution in [-0.4, -0.2) is 44.4 Å². The van der Waals surface area contributed by atoms with E-state index in [4.69, 9.17) is 0 Å². The number of halogens is 4. The van der Waals surface area contributed by atoms with Gasteiger partial charge >= 0.3 is 6.18 Å². The molecule has 3 aromatic heterocycles. The molecular weight excluding hydrogens is 598 g/mol. The Bertz CT molecular complexity index is 1430. The van der Waals surface area contributed by atoms with Gasteiger partial charge in [0.1, 0.15) is 17.8 Å². The Morgan fingerprint density at radius 3 is 2.57 bits per heavy atom. The van der Waals surface area contributed by atoms with Gasteiger partial charge < -0.3 is 11.5 Å². The molecule has 0 saturated heterocycles. The fourth-order valence-corrected chi connectivity index (χ4v) is 9.86. The second-order valence-corrected chi connectivity index (χ2v) is 16.2. The Balaban J connectivity index is 1.66. The zero-order chi connectivity index (χ0) is 26.5. The smallest absolute Gasteiger partial charge is 0.433 e. The molecule has 1 aliphatic rings. The molecule has 200 valence electrons. The average molecular weight is 628 g/mol. The Hall–Kier alpha value is -2.58. The third-order valence-corrected chi connectivity index (χ3v) is 12.0. The molecule has 12 heteroatoms. The van der Waals surface area contributed by atoms with Crippen LogP contribution in [0.3, 0.4) is 0 Å². The molecule has 8 nitrogen and oxygen atoms in total. The number of aryl methyl sites for hydroxylation is 1. The van der Waals surface area contributed by atoms with Crippen LogP contribution in [0.4, 0.5) is 13.2 Å². The number of aromatic nitrogens is 6. The van der Waals surface area contributed by atoms with Crippen molar-refractivity contribution in [2.24, 2.45) is 13.0 Å². The van der Waals surface area contributed by atoms with Gasteiger partial charge in [0.15, 0.2) is 0 Å². The van der Waals surface area contributed by atoms with Crippen LogP contribution in [0.1, 0.15) is 56.1 Å². The minimum absolute atomic E-state index is 0.0201. The molecule has 4 aromatic rings. The maximum atomic E-state index is 13.9. The summed E-state index contributed by atoms with van der Waals surface area (Å²) in [6.45, 7) is 3.67. The van der Waals surface area contributed by atoms with Gasteiger partial charge in [0.05, 0.1) is 11.2 Å². The van der Waals surface area contributed by atoms with E-state index in [0.29, 0.717) is 22.7 Å². The summed E-state index contributed by atoms with van der Waals surface area (Å²) in [5, 5.41) is 16.0. The second-order valence-electron chi connectivity index (χ2n) is 9.96. The first-order chi connectivity index (χ1) is 17.5. The number of aromatic amines is 1.